The van der Waals surface area contributed by atoms with Crippen molar-refractivity contribution in [2.24, 2.45) is 0 Å². The van der Waals surface area contributed by atoms with Crippen LogP contribution in [0.2, 0.25) is 0 Å². The number of carbonyl (C=O) groups excluding carboxylic acids is 4. The number of likely N-dealkylation sites (N-methyl/N-ethyl adjacent to an activating group) is 2. The highest BCUT2D eigenvalue weighted by atomic mass is 16.3. The first-order valence-electron chi connectivity index (χ1n) is 17.5. The molecule has 14 nitrogen and oxygen atoms in total. The lowest BCUT2D eigenvalue weighted by Gasteiger charge is -2.25. The van der Waals surface area contributed by atoms with Crippen LogP contribution in [0.1, 0.15) is 49.7 Å². The Hall–Kier alpha value is -4.24. The molecule has 1 heterocycles. The maximum Gasteiger partial charge on any atom is 0.243 e. The molecule has 2 aromatic carbocycles. The van der Waals surface area contributed by atoms with Gasteiger partial charge >= 0.3 is 0 Å². The summed E-state index contributed by atoms with van der Waals surface area (Å²) in [6.45, 7) is 2.24. The van der Waals surface area contributed by atoms with Gasteiger partial charge in [0.2, 0.25) is 23.6 Å². The zero-order valence-electron chi connectivity index (χ0n) is 29.8. The molecule has 14 heteroatoms. The van der Waals surface area contributed by atoms with Crippen LogP contribution in [0.15, 0.2) is 36.4 Å². The van der Waals surface area contributed by atoms with Gasteiger partial charge in [-0.15, -0.1) is 0 Å². The highest BCUT2D eigenvalue weighted by Crippen LogP contribution is 2.31. The Labute approximate surface area is 295 Å². The Morgan fingerprint density at radius 1 is 0.780 bits per heavy atom. The Morgan fingerprint density at radius 2 is 1.44 bits per heavy atom. The van der Waals surface area contributed by atoms with Crippen molar-refractivity contribution in [2.75, 3.05) is 54.4 Å². The first kappa shape index (κ1) is 40.2. The molecule has 0 unspecified atom stereocenters. The van der Waals surface area contributed by atoms with Crippen LogP contribution >= 0.6 is 0 Å². The van der Waals surface area contributed by atoms with Gasteiger partial charge in [0.15, 0.2) is 0 Å². The molecule has 276 valence electrons. The number of phenolic OH excluding ortho intramolecular Hbond substituents is 2. The van der Waals surface area contributed by atoms with Crippen molar-refractivity contribution in [3.05, 3.63) is 47.5 Å². The van der Waals surface area contributed by atoms with Crippen LogP contribution in [-0.2, 0) is 32.0 Å². The lowest BCUT2D eigenvalue weighted by atomic mass is 9.95. The Morgan fingerprint density at radius 3 is 2.06 bits per heavy atom. The molecule has 10 N–H and O–H groups in total. The number of benzene rings is 2. The smallest absolute Gasteiger partial charge is 0.243 e. The molecule has 2 aromatic rings. The van der Waals surface area contributed by atoms with Crippen LogP contribution in [0.5, 0.6) is 11.5 Å². The lowest BCUT2D eigenvalue weighted by molar-refractivity contribution is -0.132. The minimum absolute atomic E-state index is 0.000774. The summed E-state index contributed by atoms with van der Waals surface area (Å²) in [5.41, 5.74) is 2.50. The summed E-state index contributed by atoms with van der Waals surface area (Å²) in [7, 11) is 7.10. The molecule has 0 fully saturated rings. The fraction of sp³-hybridized carbons (Fsp3) is 0.556. The molecule has 3 rings (SSSR count). The Bertz CT molecular complexity index is 1420. The normalized spacial score (nSPS) is 18.6. The van der Waals surface area contributed by atoms with Gasteiger partial charge in [-0.2, -0.15) is 0 Å². The van der Waals surface area contributed by atoms with Gasteiger partial charge in [0.25, 0.3) is 0 Å². The van der Waals surface area contributed by atoms with Crippen molar-refractivity contribution in [2.45, 2.75) is 75.5 Å². The van der Waals surface area contributed by atoms with Crippen LogP contribution < -0.4 is 42.5 Å². The van der Waals surface area contributed by atoms with Crippen LogP contribution in [0.3, 0.4) is 0 Å². The van der Waals surface area contributed by atoms with Crippen molar-refractivity contribution in [1.29, 1.82) is 0 Å². The topological polar surface area (TPSA) is 205 Å². The summed E-state index contributed by atoms with van der Waals surface area (Å²) < 4.78 is 0. The average Bonchev–Trinajstić information content (AvgIpc) is 3.10. The van der Waals surface area contributed by atoms with Crippen molar-refractivity contribution in [3.63, 3.8) is 0 Å². The zero-order valence-corrected chi connectivity index (χ0v) is 29.8. The van der Waals surface area contributed by atoms with E-state index in [1.54, 1.807) is 50.5 Å². The number of rotatable bonds is 17. The summed E-state index contributed by atoms with van der Waals surface area (Å²) in [5, 5.41) is 45.3. The van der Waals surface area contributed by atoms with Gasteiger partial charge in [0.1, 0.15) is 23.6 Å². The predicted octanol–water partition coefficient (Wildman–Crippen LogP) is 0.0208. The van der Waals surface area contributed by atoms with Crippen LogP contribution in [0.4, 0.5) is 0 Å². The van der Waals surface area contributed by atoms with Crippen LogP contribution in [0, 0.1) is 0 Å². The standard InChI is InChI=1S/C36H56N8O6/c1-37-14-7-9-28-35(49)44-30(34(48)42-15-6-5-8-27(39-3)22-33(47)41-17-16-38-2)21-26-19-24(11-13-32(26)46)23-10-12-31(45)25(18-23)20-29(40-4)36(50)43-28/h10-13,18-19,27-30,37-40,45-46H,5-9,14-17,20-22H2,1-4H3,(H,41,47)(H,42,48)(H,43,50)(H,44,49)/t27-,28-,29-,30-/m0/s1. The first-order valence-corrected chi connectivity index (χ1v) is 17.5. The second kappa shape index (κ2) is 21.1. The summed E-state index contributed by atoms with van der Waals surface area (Å²) in [6, 6.07) is 7.47. The van der Waals surface area contributed by atoms with E-state index in [9.17, 15) is 29.4 Å². The Balaban J connectivity index is 1.81. The number of nitrogens with one attached hydrogen (secondary N) is 8. The molecule has 1 aliphatic rings. The Kier molecular flexibility index (Phi) is 16.9. The highest BCUT2D eigenvalue weighted by molar-refractivity contribution is 5.93. The maximum absolute atomic E-state index is 13.8. The molecule has 0 saturated carbocycles. The third kappa shape index (κ3) is 12.6. The molecular weight excluding hydrogens is 640 g/mol. The van der Waals surface area contributed by atoms with E-state index in [2.05, 4.69) is 42.5 Å². The van der Waals surface area contributed by atoms with Crippen molar-refractivity contribution in [3.8, 4) is 22.6 Å². The molecule has 50 heavy (non-hydrogen) atoms. The molecule has 0 radical (unpaired) electrons. The maximum atomic E-state index is 13.8. The van der Waals surface area contributed by atoms with E-state index in [0.29, 0.717) is 63.0 Å². The van der Waals surface area contributed by atoms with Gasteiger partial charge in [-0.3, -0.25) is 19.2 Å². The number of hydrogen-bond donors (Lipinski definition) is 10. The van der Waals surface area contributed by atoms with Gasteiger partial charge in [-0.1, -0.05) is 18.6 Å². The summed E-state index contributed by atoms with van der Waals surface area (Å²) in [5.74, 6) is -1.34. The minimum Gasteiger partial charge on any atom is -0.508 e. The van der Waals surface area contributed by atoms with Gasteiger partial charge in [0.05, 0.1) is 6.04 Å². The van der Waals surface area contributed by atoms with E-state index in [0.717, 1.165) is 24.0 Å². The molecule has 1 aliphatic heterocycles. The van der Waals surface area contributed by atoms with Crippen molar-refractivity contribution in [1.82, 2.24) is 42.5 Å². The van der Waals surface area contributed by atoms with E-state index < -0.39 is 35.8 Å². The third-order valence-electron chi connectivity index (χ3n) is 9.01. The highest BCUT2D eigenvalue weighted by Gasteiger charge is 2.30. The number of carbonyl (C=O) groups is 4. The molecule has 4 atom stereocenters. The van der Waals surface area contributed by atoms with Gasteiger partial charge in [-0.05, 0) is 107 Å². The van der Waals surface area contributed by atoms with E-state index in [1.807, 2.05) is 14.1 Å². The number of fused-ring (bicyclic) bond motifs is 5. The fourth-order valence-electron chi connectivity index (χ4n) is 5.95. The minimum atomic E-state index is -1.04. The molecule has 0 spiro atoms. The first-order chi connectivity index (χ1) is 24.1. The summed E-state index contributed by atoms with van der Waals surface area (Å²) >= 11 is 0. The monoisotopic (exact) mass is 696 g/mol. The lowest BCUT2D eigenvalue weighted by Crippen LogP contribution is -2.57. The SMILES string of the molecule is CNCCC[C@@H]1NC(=O)[C@@H](NC)Cc2cc(ccc2O)-c2ccc(O)c(c2)C[C@@H](C(=O)NCCCC[C@@H](CC(=O)NCCNC)NC)NC1=O. The van der Waals surface area contributed by atoms with Crippen molar-refractivity contribution >= 4 is 23.6 Å². The van der Waals surface area contributed by atoms with Gasteiger partial charge in [-0.25, -0.2) is 0 Å². The molecule has 0 saturated heterocycles. The van der Waals surface area contributed by atoms with Gasteiger partial charge in [0, 0.05) is 44.9 Å². The quantitative estimate of drug-likeness (QED) is 0.100. The van der Waals surface area contributed by atoms with E-state index in [-0.39, 0.29) is 36.3 Å². The number of amides is 4. The number of aromatic hydroxyl groups is 2. The number of unbranched alkanes of at least 4 members (excludes halogenated alkanes) is 1. The second-order valence-electron chi connectivity index (χ2n) is 12.7. The molecule has 0 aliphatic carbocycles. The zero-order chi connectivity index (χ0) is 36.5. The summed E-state index contributed by atoms with van der Waals surface area (Å²) in [6.07, 6.45) is 3.60. The number of hydrogen-bond acceptors (Lipinski definition) is 10. The molecule has 4 bridgehead atoms. The predicted molar refractivity (Wildman–Crippen MR) is 194 cm³/mol. The molecule has 0 aromatic heterocycles. The van der Waals surface area contributed by atoms with Crippen LogP contribution in [-0.4, -0.2) is 112 Å². The van der Waals surface area contributed by atoms with Crippen LogP contribution in [0.25, 0.3) is 11.1 Å². The van der Waals surface area contributed by atoms with Gasteiger partial charge < -0.3 is 52.7 Å². The average molecular weight is 697 g/mol. The summed E-state index contributed by atoms with van der Waals surface area (Å²) in [4.78, 5) is 53.2. The fourth-order valence-corrected chi connectivity index (χ4v) is 5.95. The molecule has 4 amide bonds. The second-order valence-corrected chi connectivity index (χ2v) is 12.7. The molecular formula is C36H56N8O6. The van der Waals surface area contributed by atoms with E-state index in [4.69, 9.17) is 0 Å². The van der Waals surface area contributed by atoms with E-state index in [1.165, 1.54) is 0 Å². The van der Waals surface area contributed by atoms with Crippen molar-refractivity contribution < 1.29 is 29.4 Å². The largest absolute Gasteiger partial charge is 0.508 e. The van der Waals surface area contributed by atoms with E-state index >= 15 is 0 Å². The third-order valence-corrected chi connectivity index (χ3v) is 9.01. The number of phenols is 2.